The van der Waals surface area contributed by atoms with Crippen molar-refractivity contribution < 1.29 is 18.1 Å². The van der Waals surface area contributed by atoms with Crippen molar-refractivity contribution in [3.63, 3.8) is 0 Å². The predicted molar refractivity (Wildman–Crippen MR) is 106 cm³/mol. The largest absolute Gasteiger partial charge is 0.349 e. The first kappa shape index (κ1) is 19.9. The van der Waals surface area contributed by atoms with E-state index < -0.39 is 9.84 Å². The molecule has 0 saturated carbocycles. The number of nitrogens with one attached hydrogen (secondary N) is 2. The summed E-state index contributed by atoms with van der Waals surface area (Å²) < 4.78 is 23.0. The molecule has 0 aromatic heterocycles. The Bertz CT molecular complexity index is 888. The minimum absolute atomic E-state index is 0.152. The second-order valence-corrected chi connectivity index (χ2v) is 9.55. The molecule has 0 spiro atoms. The van der Waals surface area contributed by atoms with E-state index in [0.29, 0.717) is 5.56 Å². The van der Waals surface area contributed by atoms with Crippen LogP contribution in [-0.4, -0.2) is 39.7 Å². The molecule has 0 atom stereocenters. The summed E-state index contributed by atoms with van der Waals surface area (Å²) in [4.78, 5) is 14.1. The van der Waals surface area contributed by atoms with Crippen LogP contribution < -0.4 is 10.2 Å². The Balaban J connectivity index is 1.50. The van der Waals surface area contributed by atoms with Gasteiger partial charge in [0.2, 0.25) is 0 Å². The van der Waals surface area contributed by atoms with Crippen molar-refractivity contribution in [3.8, 4) is 0 Å². The molecule has 0 radical (unpaired) electrons. The number of quaternary nitrogens is 1. The molecule has 2 N–H and O–H groups in total. The lowest BCUT2D eigenvalue weighted by molar-refractivity contribution is -0.918. The predicted octanol–water partition coefficient (Wildman–Crippen LogP) is 1.72. The van der Waals surface area contributed by atoms with Crippen LogP contribution in [0.5, 0.6) is 0 Å². The van der Waals surface area contributed by atoms with Gasteiger partial charge in [-0.3, -0.25) is 4.79 Å². The van der Waals surface area contributed by atoms with Crippen LogP contribution in [0.1, 0.15) is 28.8 Å². The molecule has 1 saturated heterocycles. The maximum absolute atomic E-state index is 12.4. The number of halogens is 1. The van der Waals surface area contributed by atoms with Gasteiger partial charge in [0.1, 0.15) is 6.54 Å². The molecular weight excluding hydrogens is 384 g/mol. The third-order valence-corrected chi connectivity index (χ3v) is 6.32. The van der Waals surface area contributed by atoms with Crippen LogP contribution in [0.25, 0.3) is 0 Å². The molecule has 7 heteroatoms. The van der Waals surface area contributed by atoms with Gasteiger partial charge in [-0.15, -0.1) is 0 Å². The number of hydrogen-bond acceptors (Lipinski definition) is 3. The van der Waals surface area contributed by atoms with E-state index in [1.807, 2.05) is 12.1 Å². The van der Waals surface area contributed by atoms with Crippen molar-refractivity contribution in [3.05, 3.63) is 64.7 Å². The summed E-state index contributed by atoms with van der Waals surface area (Å²) >= 11 is 5.93. The lowest BCUT2D eigenvalue weighted by atomic mass is 10.0. The quantitative estimate of drug-likeness (QED) is 0.793. The summed E-state index contributed by atoms with van der Waals surface area (Å²) in [6.45, 7) is 2.96. The van der Waals surface area contributed by atoms with E-state index in [9.17, 15) is 13.2 Å². The Labute approximate surface area is 165 Å². The van der Waals surface area contributed by atoms with Crippen LogP contribution in [0.3, 0.4) is 0 Å². The SMILES string of the molecule is CS(=O)(=O)c1ccc(C(=O)NC2CC[NH+](Cc3ccc(Cl)cc3)CC2)cc1. The molecule has 0 bridgehead atoms. The molecule has 1 fully saturated rings. The Morgan fingerprint density at radius 1 is 1.07 bits per heavy atom. The minimum atomic E-state index is -3.25. The number of carbonyl (C=O) groups excluding carboxylic acids is 1. The number of piperidine rings is 1. The number of likely N-dealkylation sites (tertiary alicyclic amines) is 1. The molecule has 1 heterocycles. The number of benzene rings is 2. The lowest BCUT2D eigenvalue weighted by Crippen LogP contribution is -3.12. The smallest absolute Gasteiger partial charge is 0.251 e. The zero-order valence-electron chi connectivity index (χ0n) is 15.2. The van der Waals surface area contributed by atoms with Gasteiger partial charge in [0, 0.05) is 41.3 Å². The fraction of sp³-hybridized carbons (Fsp3) is 0.350. The van der Waals surface area contributed by atoms with Crippen molar-refractivity contribution in [1.29, 1.82) is 0 Å². The highest BCUT2D eigenvalue weighted by Crippen LogP contribution is 2.12. The van der Waals surface area contributed by atoms with E-state index in [1.54, 1.807) is 12.1 Å². The molecule has 3 rings (SSSR count). The molecule has 1 aliphatic heterocycles. The zero-order valence-corrected chi connectivity index (χ0v) is 16.8. The van der Waals surface area contributed by atoms with Gasteiger partial charge in [-0.05, 0) is 36.4 Å². The van der Waals surface area contributed by atoms with E-state index >= 15 is 0 Å². The summed E-state index contributed by atoms with van der Waals surface area (Å²) in [6.07, 6.45) is 3.01. The summed E-state index contributed by atoms with van der Waals surface area (Å²) in [5.74, 6) is -0.152. The van der Waals surface area contributed by atoms with Crippen molar-refractivity contribution >= 4 is 27.3 Å². The molecule has 144 valence electrons. The van der Waals surface area contributed by atoms with E-state index in [-0.39, 0.29) is 16.8 Å². The molecular formula is C20H24ClN2O3S+. The van der Waals surface area contributed by atoms with Gasteiger partial charge in [-0.2, -0.15) is 0 Å². The van der Waals surface area contributed by atoms with Gasteiger partial charge >= 0.3 is 0 Å². The Hall–Kier alpha value is -1.89. The van der Waals surface area contributed by atoms with Crippen LogP contribution in [0.4, 0.5) is 0 Å². The third kappa shape index (κ3) is 5.54. The maximum atomic E-state index is 12.4. The standard InChI is InChI=1S/C20H23ClN2O3S/c1-27(25,26)19-8-4-16(5-9-19)20(24)22-18-10-12-23(13-11-18)14-15-2-6-17(21)7-3-15/h2-9,18H,10-14H2,1H3,(H,22,24)/p+1. The highest BCUT2D eigenvalue weighted by Gasteiger charge is 2.24. The fourth-order valence-corrected chi connectivity index (χ4v) is 4.12. The Morgan fingerprint density at radius 3 is 2.22 bits per heavy atom. The maximum Gasteiger partial charge on any atom is 0.251 e. The molecule has 2 aromatic rings. The van der Waals surface area contributed by atoms with Crippen molar-refractivity contribution in [2.75, 3.05) is 19.3 Å². The topological polar surface area (TPSA) is 67.7 Å². The van der Waals surface area contributed by atoms with E-state index in [4.69, 9.17) is 11.6 Å². The highest BCUT2D eigenvalue weighted by atomic mass is 35.5. The molecule has 0 aliphatic carbocycles. The van der Waals surface area contributed by atoms with Gasteiger partial charge in [0.05, 0.1) is 18.0 Å². The molecule has 1 amide bonds. The first-order valence-corrected chi connectivity index (χ1v) is 11.3. The highest BCUT2D eigenvalue weighted by molar-refractivity contribution is 7.90. The van der Waals surface area contributed by atoms with Gasteiger partial charge in [-0.25, -0.2) is 8.42 Å². The van der Waals surface area contributed by atoms with E-state index in [0.717, 1.165) is 43.8 Å². The normalized spacial score (nSPS) is 20.2. The summed E-state index contributed by atoms with van der Waals surface area (Å²) in [7, 11) is -3.25. The van der Waals surface area contributed by atoms with E-state index in [2.05, 4.69) is 17.4 Å². The Morgan fingerprint density at radius 2 is 1.67 bits per heavy atom. The third-order valence-electron chi connectivity index (χ3n) is 4.94. The number of amides is 1. The molecule has 2 aromatic carbocycles. The first-order chi connectivity index (χ1) is 12.8. The molecule has 5 nitrogen and oxygen atoms in total. The molecule has 0 unspecified atom stereocenters. The second kappa shape index (κ2) is 8.42. The number of rotatable bonds is 5. The number of sulfone groups is 1. The van der Waals surface area contributed by atoms with Crippen molar-refractivity contribution in [2.24, 2.45) is 0 Å². The first-order valence-electron chi connectivity index (χ1n) is 9.00. The summed E-state index contributed by atoms with van der Waals surface area (Å²) in [5.41, 5.74) is 1.75. The minimum Gasteiger partial charge on any atom is -0.349 e. The van der Waals surface area contributed by atoms with E-state index in [1.165, 1.54) is 22.6 Å². The summed E-state index contributed by atoms with van der Waals surface area (Å²) in [5, 5.41) is 3.82. The van der Waals surface area contributed by atoms with Gasteiger partial charge in [0.15, 0.2) is 9.84 Å². The van der Waals surface area contributed by atoms with Crippen LogP contribution >= 0.6 is 11.6 Å². The Kier molecular flexibility index (Phi) is 6.19. The molecule has 27 heavy (non-hydrogen) atoms. The lowest BCUT2D eigenvalue weighted by Gasteiger charge is -2.29. The van der Waals surface area contributed by atoms with Gasteiger partial charge < -0.3 is 10.2 Å². The van der Waals surface area contributed by atoms with Crippen LogP contribution in [0, 0.1) is 0 Å². The zero-order chi connectivity index (χ0) is 19.4. The fourth-order valence-electron chi connectivity index (χ4n) is 3.36. The second-order valence-electron chi connectivity index (χ2n) is 7.10. The number of hydrogen-bond donors (Lipinski definition) is 2. The monoisotopic (exact) mass is 407 g/mol. The average molecular weight is 408 g/mol. The van der Waals surface area contributed by atoms with Crippen LogP contribution in [0.2, 0.25) is 5.02 Å². The van der Waals surface area contributed by atoms with Crippen LogP contribution in [-0.2, 0) is 16.4 Å². The average Bonchev–Trinajstić information content (AvgIpc) is 2.64. The van der Waals surface area contributed by atoms with Gasteiger partial charge in [-0.1, -0.05) is 23.7 Å². The number of carbonyl (C=O) groups is 1. The summed E-state index contributed by atoms with van der Waals surface area (Å²) in [6, 6.07) is 14.2. The van der Waals surface area contributed by atoms with Crippen molar-refractivity contribution in [1.82, 2.24) is 5.32 Å². The van der Waals surface area contributed by atoms with Gasteiger partial charge in [0.25, 0.3) is 5.91 Å². The van der Waals surface area contributed by atoms with Crippen LogP contribution in [0.15, 0.2) is 53.4 Å². The van der Waals surface area contributed by atoms with Crippen molar-refractivity contribution in [2.45, 2.75) is 30.3 Å². The molecule has 1 aliphatic rings.